The zero-order valence-electron chi connectivity index (χ0n) is 35.7. The molecule has 0 amide bonds. The van der Waals surface area contributed by atoms with Crippen LogP contribution in [0.25, 0.3) is 71.3 Å². The SMILES string of the molecule is c1ccc(-c2ccc(N(c3ccc4ccccc4c3)c3ccc(-c4ccc(N(c5ccccc5)c5ccc6c(c5)c5ccccc5n6-c5ccccc5)cc4)c4ccccc34)cc2)cc1. The van der Waals surface area contributed by atoms with Gasteiger partial charge in [0.1, 0.15) is 0 Å². The smallest absolute Gasteiger partial charge is 0.0542 e. The van der Waals surface area contributed by atoms with Gasteiger partial charge in [-0.2, -0.15) is 0 Å². The summed E-state index contributed by atoms with van der Waals surface area (Å²) in [5, 5.41) is 7.26. The van der Waals surface area contributed by atoms with E-state index < -0.39 is 0 Å². The van der Waals surface area contributed by atoms with Gasteiger partial charge in [-0.3, -0.25) is 0 Å². The molecule has 3 heteroatoms. The van der Waals surface area contributed by atoms with Gasteiger partial charge in [0.15, 0.2) is 0 Å². The standard InChI is InChI=1S/C62H43N3/c1-4-16-44(17-5-1)46-28-33-52(34-29-46)64(53-37-30-45-18-10-11-19-48(45)42-53)61-41-39-55(56-24-12-13-25-57(56)61)47-31-35-51(36-32-47)63(49-20-6-2-7-21-49)54-38-40-62-59(43-54)58-26-14-15-27-60(58)65(62)50-22-8-3-9-23-50/h1-43H. The van der Waals surface area contributed by atoms with Crippen LogP contribution < -0.4 is 9.80 Å². The average Bonchev–Trinajstić information content (AvgIpc) is 3.71. The van der Waals surface area contributed by atoms with Gasteiger partial charge in [0.05, 0.1) is 16.7 Å². The molecule has 1 aromatic heterocycles. The summed E-state index contributed by atoms with van der Waals surface area (Å²) in [6.07, 6.45) is 0. The molecular weight excluding hydrogens is 787 g/mol. The van der Waals surface area contributed by atoms with Crippen molar-refractivity contribution < 1.29 is 0 Å². The second kappa shape index (κ2) is 16.2. The van der Waals surface area contributed by atoms with Gasteiger partial charge in [0.25, 0.3) is 0 Å². The Labute approximate surface area is 378 Å². The molecule has 0 aliphatic carbocycles. The van der Waals surface area contributed by atoms with Gasteiger partial charge in [-0.15, -0.1) is 0 Å². The minimum atomic E-state index is 1.09. The van der Waals surface area contributed by atoms with E-state index in [9.17, 15) is 0 Å². The average molecular weight is 830 g/mol. The van der Waals surface area contributed by atoms with Gasteiger partial charge in [0, 0.05) is 50.3 Å². The summed E-state index contributed by atoms with van der Waals surface area (Å²) in [5.41, 5.74) is 14.9. The summed E-state index contributed by atoms with van der Waals surface area (Å²) >= 11 is 0. The van der Waals surface area contributed by atoms with E-state index in [-0.39, 0.29) is 0 Å². The van der Waals surface area contributed by atoms with Crippen molar-refractivity contribution >= 4 is 77.5 Å². The number of fused-ring (bicyclic) bond motifs is 5. The molecule has 0 atom stereocenters. The maximum atomic E-state index is 2.41. The number of benzene rings is 11. The summed E-state index contributed by atoms with van der Waals surface area (Å²) in [6, 6.07) is 94.3. The van der Waals surface area contributed by atoms with Crippen LogP contribution in [-0.2, 0) is 0 Å². The molecule has 0 unspecified atom stereocenters. The molecule has 0 bridgehead atoms. The first-order valence-electron chi connectivity index (χ1n) is 22.3. The second-order valence-electron chi connectivity index (χ2n) is 16.6. The van der Waals surface area contributed by atoms with Crippen molar-refractivity contribution in [2.24, 2.45) is 0 Å². The van der Waals surface area contributed by atoms with E-state index in [1.54, 1.807) is 0 Å². The normalized spacial score (nSPS) is 11.4. The maximum absolute atomic E-state index is 2.41. The monoisotopic (exact) mass is 829 g/mol. The quantitative estimate of drug-likeness (QED) is 0.144. The van der Waals surface area contributed by atoms with Crippen LogP contribution in [0.15, 0.2) is 261 Å². The lowest BCUT2D eigenvalue weighted by Gasteiger charge is -2.28. The van der Waals surface area contributed by atoms with Crippen LogP contribution in [0.5, 0.6) is 0 Å². The number of anilines is 6. The largest absolute Gasteiger partial charge is 0.310 e. The third-order valence-corrected chi connectivity index (χ3v) is 12.7. The van der Waals surface area contributed by atoms with E-state index in [1.807, 2.05) is 0 Å². The summed E-state index contributed by atoms with van der Waals surface area (Å²) in [7, 11) is 0. The molecule has 11 aromatic carbocycles. The topological polar surface area (TPSA) is 11.4 Å². The number of hydrogen-bond donors (Lipinski definition) is 0. The molecule has 65 heavy (non-hydrogen) atoms. The molecule has 0 aliphatic rings. The molecule has 0 radical (unpaired) electrons. The van der Waals surface area contributed by atoms with Crippen LogP contribution >= 0.6 is 0 Å². The molecule has 0 aliphatic heterocycles. The van der Waals surface area contributed by atoms with Crippen LogP contribution in [0.4, 0.5) is 34.1 Å². The van der Waals surface area contributed by atoms with Crippen LogP contribution in [0.3, 0.4) is 0 Å². The second-order valence-corrected chi connectivity index (χ2v) is 16.6. The molecule has 3 nitrogen and oxygen atoms in total. The third-order valence-electron chi connectivity index (χ3n) is 12.7. The van der Waals surface area contributed by atoms with E-state index >= 15 is 0 Å². The van der Waals surface area contributed by atoms with Crippen molar-refractivity contribution in [3.63, 3.8) is 0 Å². The lowest BCUT2D eigenvalue weighted by atomic mass is 9.95. The molecular formula is C62H43N3. The van der Waals surface area contributed by atoms with Crippen LogP contribution in [0.2, 0.25) is 0 Å². The van der Waals surface area contributed by atoms with Gasteiger partial charge in [-0.25, -0.2) is 0 Å². The Hall–Kier alpha value is -8.66. The lowest BCUT2D eigenvalue weighted by Crippen LogP contribution is -2.11. The van der Waals surface area contributed by atoms with E-state index in [1.165, 1.54) is 60.0 Å². The predicted molar refractivity (Wildman–Crippen MR) is 276 cm³/mol. The number of para-hydroxylation sites is 3. The highest BCUT2D eigenvalue weighted by molar-refractivity contribution is 6.11. The van der Waals surface area contributed by atoms with E-state index in [0.29, 0.717) is 0 Å². The number of rotatable bonds is 9. The molecule has 0 spiro atoms. The fraction of sp³-hybridized carbons (Fsp3) is 0. The van der Waals surface area contributed by atoms with Gasteiger partial charge in [-0.05, 0) is 129 Å². The van der Waals surface area contributed by atoms with Gasteiger partial charge in [-0.1, -0.05) is 170 Å². The Morgan fingerprint density at radius 2 is 0.769 bits per heavy atom. The highest BCUT2D eigenvalue weighted by Gasteiger charge is 2.20. The third kappa shape index (κ3) is 6.87. The fourth-order valence-corrected chi connectivity index (χ4v) is 9.68. The number of hydrogen-bond acceptors (Lipinski definition) is 2. The van der Waals surface area contributed by atoms with E-state index in [4.69, 9.17) is 0 Å². The minimum absolute atomic E-state index is 1.09. The van der Waals surface area contributed by atoms with Gasteiger partial charge < -0.3 is 14.4 Å². The fourth-order valence-electron chi connectivity index (χ4n) is 9.68. The van der Waals surface area contributed by atoms with Crippen molar-refractivity contribution in [2.45, 2.75) is 0 Å². The predicted octanol–water partition coefficient (Wildman–Crippen LogP) is 17.4. The Bertz CT molecular complexity index is 3630. The first-order chi connectivity index (χ1) is 32.2. The van der Waals surface area contributed by atoms with Crippen LogP contribution in [0, 0.1) is 0 Å². The highest BCUT2D eigenvalue weighted by Crippen LogP contribution is 2.45. The summed E-state index contributed by atoms with van der Waals surface area (Å²) in [6.45, 7) is 0. The molecule has 0 fully saturated rings. The molecule has 1 heterocycles. The molecule has 12 aromatic rings. The maximum Gasteiger partial charge on any atom is 0.0542 e. The Morgan fingerprint density at radius 1 is 0.262 bits per heavy atom. The molecule has 0 N–H and O–H groups in total. The van der Waals surface area contributed by atoms with Crippen molar-refractivity contribution in [3.8, 4) is 27.9 Å². The van der Waals surface area contributed by atoms with Gasteiger partial charge >= 0.3 is 0 Å². The van der Waals surface area contributed by atoms with E-state index in [0.717, 1.165) is 45.4 Å². The molecule has 306 valence electrons. The lowest BCUT2D eigenvalue weighted by molar-refractivity contribution is 1.18. The summed E-state index contributed by atoms with van der Waals surface area (Å²) in [5.74, 6) is 0. The first kappa shape index (κ1) is 38.0. The Kier molecular flexibility index (Phi) is 9.50. The first-order valence-corrected chi connectivity index (χ1v) is 22.3. The molecule has 12 rings (SSSR count). The van der Waals surface area contributed by atoms with Crippen molar-refractivity contribution in [1.29, 1.82) is 0 Å². The Balaban J connectivity index is 0.954. The highest BCUT2D eigenvalue weighted by atomic mass is 15.1. The van der Waals surface area contributed by atoms with Crippen LogP contribution in [0.1, 0.15) is 0 Å². The zero-order chi connectivity index (χ0) is 43.1. The van der Waals surface area contributed by atoms with Gasteiger partial charge in [0.2, 0.25) is 0 Å². The molecule has 0 saturated carbocycles. The summed E-state index contributed by atoms with van der Waals surface area (Å²) < 4.78 is 2.37. The Morgan fingerprint density at radius 3 is 1.52 bits per heavy atom. The number of aromatic nitrogens is 1. The van der Waals surface area contributed by atoms with E-state index in [2.05, 4.69) is 275 Å². The summed E-state index contributed by atoms with van der Waals surface area (Å²) in [4.78, 5) is 4.77. The van der Waals surface area contributed by atoms with Crippen molar-refractivity contribution in [2.75, 3.05) is 9.80 Å². The molecule has 0 saturated heterocycles. The van der Waals surface area contributed by atoms with Crippen LogP contribution in [-0.4, -0.2) is 4.57 Å². The zero-order valence-corrected chi connectivity index (χ0v) is 35.7. The number of nitrogens with zero attached hydrogens (tertiary/aromatic N) is 3. The van der Waals surface area contributed by atoms with Crippen molar-refractivity contribution in [3.05, 3.63) is 261 Å². The minimum Gasteiger partial charge on any atom is -0.310 e. The van der Waals surface area contributed by atoms with Crippen molar-refractivity contribution in [1.82, 2.24) is 4.57 Å².